The molecule has 2 atom stereocenters. The summed E-state index contributed by atoms with van der Waals surface area (Å²) in [5.74, 6) is -0.485. The molecule has 2 amide bonds. The minimum atomic E-state index is -4.25. The van der Waals surface area contributed by atoms with Crippen LogP contribution in [0.4, 0.5) is 5.69 Å². The van der Waals surface area contributed by atoms with E-state index in [4.69, 9.17) is 16.3 Å². The zero-order valence-electron chi connectivity index (χ0n) is 24.8. The molecular weight excluding hydrogens is 574 g/mol. The van der Waals surface area contributed by atoms with E-state index in [1.54, 1.807) is 31.2 Å². The van der Waals surface area contributed by atoms with Crippen molar-refractivity contribution in [1.82, 2.24) is 10.2 Å². The Hall–Kier alpha value is -3.56. The van der Waals surface area contributed by atoms with Gasteiger partial charge in [-0.2, -0.15) is 0 Å². The van der Waals surface area contributed by atoms with Crippen LogP contribution in [0.15, 0.2) is 77.7 Å². The van der Waals surface area contributed by atoms with E-state index in [1.165, 1.54) is 29.2 Å². The number of sulfonamides is 1. The molecule has 3 aromatic rings. The van der Waals surface area contributed by atoms with Crippen LogP contribution in [-0.4, -0.2) is 50.4 Å². The largest absolute Gasteiger partial charge is 0.492 e. The van der Waals surface area contributed by atoms with Crippen molar-refractivity contribution in [1.29, 1.82) is 0 Å². The fraction of sp³-hybridized carbons (Fsp3) is 0.375. The van der Waals surface area contributed by atoms with Gasteiger partial charge in [0, 0.05) is 17.6 Å². The SMILES string of the molecule is CCOc1ccccc1N(CC(=O)N(Cc1ccccc1C)C(CC)C(=O)NC(C)CC)S(=O)(=O)c1ccc(Cl)cc1. The summed E-state index contributed by atoms with van der Waals surface area (Å²) >= 11 is 6.04. The van der Waals surface area contributed by atoms with Crippen LogP contribution in [0.25, 0.3) is 0 Å². The van der Waals surface area contributed by atoms with Crippen LogP contribution >= 0.6 is 11.6 Å². The van der Waals surface area contributed by atoms with Gasteiger partial charge in [0.15, 0.2) is 0 Å². The first-order valence-corrected chi connectivity index (χ1v) is 16.0. The Morgan fingerprint density at radius 3 is 2.19 bits per heavy atom. The number of halogens is 1. The van der Waals surface area contributed by atoms with E-state index in [1.807, 2.05) is 52.0 Å². The second kappa shape index (κ2) is 15.1. The van der Waals surface area contributed by atoms with Crippen LogP contribution in [0.3, 0.4) is 0 Å². The summed E-state index contributed by atoms with van der Waals surface area (Å²) in [4.78, 5) is 29.2. The van der Waals surface area contributed by atoms with Crippen molar-refractivity contribution in [2.75, 3.05) is 17.5 Å². The quantitative estimate of drug-likeness (QED) is 0.242. The molecule has 0 fully saturated rings. The van der Waals surface area contributed by atoms with Gasteiger partial charge in [-0.1, -0.05) is 61.8 Å². The van der Waals surface area contributed by atoms with Crippen LogP contribution in [0, 0.1) is 6.92 Å². The number of carbonyl (C=O) groups is 2. The molecule has 3 rings (SSSR count). The van der Waals surface area contributed by atoms with Gasteiger partial charge in [-0.25, -0.2) is 8.42 Å². The highest BCUT2D eigenvalue weighted by Crippen LogP contribution is 2.33. The lowest BCUT2D eigenvalue weighted by atomic mass is 10.1. The smallest absolute Gasteiger partial charge is 0.264 e. The summed E-state index contributed by atoms with van der Waals surface area (Å²) in [5.41, 5.74) is 2.04. The first-order chi connectivity index (χ1) is 20.0. The molecule has 0 aliphatic rings. The Bertz CT molecular complexity index is 1460. The number of anilines is 1. The minimum Gasteiger partial charge on any atom is -0.492 e. The molecule has 0 saturated heterocycles. The van der Waals surface area contributed by atoms with E-state index in [0.717, 1.165) is 21.9 Å². The van der Waals surface area contributed by atoms with Gasteiger partial charge in [0.25, 0.3) is 10.0 Å². The zero-order valence-corrected chi connectivity index (χ0v) is 26.4. The van der Waals surface area contributed by atoms with Crippen LogP contribution < -0.4 is 14.4 Å². The van der Waals surface area contributed by atoms with Crippen molar-refractivity contribution in [2.45, 2.75) is 71.0 Å². The number of nitrogens with zero attached hydrogens (tertiary/aromatic N) is 2. The van der Waals surface area contributed by atoms with Gasteiger partial charge >= 0.3 is 0 Å². The molecule has 42 heavy (non-hydrogen) atoms. The Kier molecular flexibility index (Phi) is 11.8. The molecule has 0 aromatic heterocycles. The van der Waals surface area contributed by atoms with Gasteiger partial charge in [0.2, 0.25) is 11.8 Å². The van der Waals surface area contributed by atoms with E-state index in [9.17, 15) is 18.0 Å². The third-order valence-electron chi connectivity index (χ3n) is 7.10. The summed E-state index contributed by atoms with van der Waals surface area (Å²) in [6.45, 7) is 9.34. The third-order valence-corrected chi connectivity index (χ3v) is 9.13. The zero-order chi connectivity index (χ0) is 30.9. The predicted molar refractivity (Wildman–Crippen MR) is 167 cm³/mol. The van der Waals surface area contributed by atoms with Crippen molar-refractivity contribution in [3.8, 4) is 5.75 Å². The van der Waals surface area contributed by atoms with Crippen LogP contribution in [-0.2, 0) is 26.2 Å². The first-order valence-electron chi connectivity index (χ1n) is 14.2. The molecule has 2 unspecified atom stereocenters. The van der Waals surface area contributed by atoms with Gasteiger partial charge in [-0.3, -0.25) is 13.9 Å². The standard InChI is InChI=1S/C32H40ClN3O5S/c1-6-24(5)34-32(38)28(7-2)35(21-25-14-10-9-13-23(25)4)31(37)22-36(29-15-11-12-16-30(29)41-8-3)42(39,40)27-19-17-26(33)18-20-27/h9-20,24,28H,6-8,21-22H2,1-5H3,(H,34,38). The lowest BCUT2D eigenvalue weighted by molar-refractivity contribution is -0.140. The molecule has 0 aliphatic heterocycles. The lowest BCUT2D eigenvalue weighted by Crippen LogP contribution is -2.53. The number of amides is 2. The molecule has 3 aromatic carbocycles. The maximum absolute atomic E-state index is 14.3. The van der Waals surface area contributed by atoms with Crippen molar-refractivity contribution in [2.24, 2.45) is 0 Å². The average molecular weight is 614 g/mol. The van der Waals surface area contributed by atoms with E-state index in [-0.39, 0.29) is 29.1 Å². The number of ether oxygens (including phenoxy) is 1. The van der Waals surface area contributed by atoms with Gasteiger partial charge in [0.1, 0.15) is 18.3 Å². The summed E-state index contributed by atoms with van der Waals surface area (Å²) in [5, 5.41) is 3.37. The average Bonchev–Trinajstić information content (AvgIpc) is 2.97. The highest BCUT2D eigenvalue weighted by atomic mass is 35.5. The summed E-state index contributed by atoms with van der Waals surface area (Å²) in [7, 11) is -4.25. The fourth-order valence-corrected chi connectivity index (χ4v) is 6.07. The summed E-state index contributed by atoms with van der Waals surface area (Å²) < 4.78 is 35.0. The molecule has 0 heterocycles. The van der Waals surface area contributed by atoms with Gasteiger partial charge in [-0.05, 0) is 81.1 Å². The van der Waals surface area contributed by atoms with Crippen molar-refractivity contribution < 1.29 is 22.7 Å². The molecule has 8 nitrogen and oxygen atoms in total. The number of nitrogens with one attached hydrogen (secondary N) is 1. The maximum atomic E-state index is 14.3. The van der Waals surface area contributed by atoms with E-state index in [0.29, 0.717) is 23.8 Å². The molecular formula is C32H40ClN3O5S. The number of rotatable bonds is 14. The molecule has 0 aliphatic carbocycles. The monoisotopic (exact) mass is 613 g/mol. The summed E-state index contributed by atoms with van der Waals surface area (Å²) in [6.07, 6.45) is 1.08. The molecule has 10 heteroatoms. The molecule has 0 bridgehead atoms. The second-order valence-corrected chi connectivity index (χ2v) is 12.4. The third kappa shape index (κ3) is 8.04. The highest BCUT2D eigenvalue weighted by Gasteiger charge is 2.35. The fourth-order valence-electron chi connectivity index (χ4n) is 4.52. The Balaban J connectivity index is 2.12. The van der Waals surface area contributed by atoms with Gasteiger partial charge in [-0.15, -0.1) is 0 Å². The Labute approximate surface area is 254 Å². The van der Waals surface area contributed by atoms with Crippen molar-refractivity contribution in [3.05, 3.63) is 88.9 Å². The van der Waals surface area contributed by atoms with Crippen LogP contribution in [0.2, 0.25) is 5.02 Å². The number of carbonyl (C=O) groups excluding carboxylic acids is 2. The second-order valence-electron chi connectivity index (χ2n) is 10.1. The predicted octanol–water partition coefficient (Wildman–Crippen LogP) is 5.96. The number of benzene rings is 3. The van der Waals surface area contributed by atoms with Crippen molar-refractivity contribution >= 4 is 39.1 Å². The van der Waals surface area contributed by atoms with Crippen LogP contribution in [0.5, 0.6) is 5.75 Å². The van der Waals surface area contributed by atoms with Crippen molar-refractivity contribution in [3.63, 3.8) is 0 Å². The molecule has 0 radical (unpaired) electrons. The molecule has 1 N–H and O–H groups in total. The number of hydrogen-bond donors (Lipinski definition) is 1. The lowest BCUT2D eigenvalue weighted by Gasteiger charge is -2.34. The van der Waals surface area contributed by atoms with Gasteiger partial charge in [0.05, 0.1) is 17.2 Å². The van der Waals surface area contributed by atoms with E-state index >= 15 is 0 Å². The maximum Gasteiger partial charge on any atom is 0.264 e. The van der Waals surface area contributed by atoms with E-state index < -0.39 is 28.5 Å². The number of para-hydroxylation sites is 2. The van der Waals surface area contributed by atoms with E-state index in [2.05, 4.69) is 5.32 Å². The summed E-state index contributed by atoms with van der Waals surface area (Å²) in [6, 6.07) is 19.2. The molecule has 0 saturated carbocycles. The molecule has 226 valence electrons. The molecule has 0 spiro atoms. The first kappa shape index (κ1) is 32.9. The topological polar surface area (TPSA) is 96.0 Å². The normalized spacial score (nSPS) is 12.7. The Morgan fingerprint density at radius 2 is 1.57 bits per heavy atom. The van der Waals surface area contributed by atoms with Gasteiger partial charge < -0.3 is 15.0 Å². The highest BCUT2D eigenvalue weighted by molar-refractivity contribution is 7.92. The van der Waals surface area contributed by atoms with Crippen LogP contribution in [0.1, 0.15) is 51.7 Å². The number of hydrogen-bond acceptors (Lipinski definition) is 5. The minimum absolute atomic E-state index is 0.0296. The Morgan fingerprint density at radius 1 is 0.929 bits per heavy atom. The number of aryl methyl sites for hydroxylation is 1.